The van der Waals surface area contributed by atoms with Gasteiger partial charge in [0.1, 0.15) is 5.75 Å². The third-order valence-corrected chi connectivity index (χ3v) is 4.67. The van der Waals surface area contributed by atoms with Crippen LogP contribution in [0, 0.1) is 0 Å². The molecule has 0 aromatic carbocycles. The van der Waals surface area contributed by atoms with E-state index in [-0.39, 0.29) is 22.3 Å². The molecule has 1 aromatic rings. The fourth-order valence-electron chi connectivity index (χ4n) is 1.57. The molecule has 0 saturated heterocycles. The molecule has 1 rings (SSSR count). The van der Waals surface area contributed by atoms with Crippen LogP contribution in [0.3, 0.4) is 0 Å². The number of aromatic nitrogens is 1. The summed E-state index contributed by atoms with van der Waals surface area (Å²) in [6, 6.07) is 1.31. The van der Waals surface area contributed by atoms with Gasteiger partial charge in [-0.3, -0.25) is 4.98 Å². The minimum atomic E-state index is -3.30. The second kappa shape index (κ2) is 5.49. The molecule has 0 aliphatic heterocycles. The maximum atomic E-state index is 11.8. The first-order valence-corrected chi connectivity index (χ1v) is 7.49. The first kappa shape index (κ1) is 14.0. The lowest BCUT2D eigenvalue weighted by Crippen LogP contribution is -2.07. The Kier molecular flexibility index (Phi) is 4.51. The third-order valence-electron chi connectivity index (χ3n) is 2.78. The summed E-state index contributed by atoms with van der Waals surface area (Å²) in [6.07, 6.45) is 2.74. The fourth-order valence-corrected chi connectivity index (χ4v) is 2.85. The Morgan fingerprint density at radius 3 is 2.53 bits per heavy atom. The van der Waals surface area contributed by atoms with Crippen molar-refractivity contribution in [3.63, 3.8) is 0 Å². The van der Waals surface area contributed by atoms with Crippen LogP contribution in [-0.4, -0.2) is 24.3 Å². The van der Waals surface area contributed by atoms with E-state index in [1.54, 1.807) is 6.92 Å². The van der Waals surface area contributed by atoms with Crippen molar-refractivity contribution in [3.8, 4) is 5.75 Å². The highest BCUT2D eigenvalue weighted by atomic mass is 32.2. The van der Waals surface area contributed by atoms with Crippen LogP contribution in [0.4, 0.5) is 0 Å². The van der Waals surface area contributed by atoms with Gasteiger partial charge in [-0.25, -0.2) is 8.42 Å². The topological polar surface area (TPSA) is 67.3 Å². The number of nitrogens with zero attached hydrogens (tertiary/aromatic N) is 1. The Morgan fingerprint density at radius 2 is 2.06 bits per heavy atom. The van der Waals surface area contributed by atoms with E-state index in [1.165, 1.54) is 12.3 Å². The lowest BCUT2D eigenvalue weighted by molar-refractivity contribution is 0.453. The standard InChI is InChI=1S/C12H19NO3S/c1-4-6-17(15,16)10-7-11(14)12(13-8-10)9(3)5-2/h7-9,14H,4-6H2,1-3H3. The van der Waals surface area contributed by atoms with Gasteiger partial charge in [0, 0.05) is 18.2 Å². The van der Waals surface area contributed by atoms with Crippen molar-refractivity contribution in [2.75, 3.05) is 5.75 Å². The highest BCUT2D eigenvalue weighted by Gasteiger charge is 2.17. The largest absolute Gasteiger partial charge is 0.506 e. The van der Waals surface area contributed by atoms with E-state index < -0.39 is 9.84 Å². The molecule has 0 aliphatic rings. The van der Waals surface area contributed by atoms with E-state index >= 15 is 0 Å². The Hall–Kier alpha value is -1.10. The van der Waals surface area contributed by atoms with Crippen molar-refractivity contribution in [1.29, 1.82) is 0 Å². The second-order valence-electron chi connectivity index (χ2n) is 4.20. The normalized spacial score (nSPS) is 13.6. The quantitative estimate of drug-likeness (QED) is 0.880. The maximum Gasteiger partial charge on any atom is 0.180 e. The Bertz CT molecular complexity index is 483. The second-order valence-corrected chi connectivity index (χ2v) is 6.31. The van der Waals surface area contributed by atoms with E-state index in [9.17, 15) is 13.5 Å². The molecule has 17 heavy (non-hydrogen) atoms. The first-order valence-electron chi connectivity index (χ1n) is 5.84. The van der Waals surface area contributed by atoms with E-state index in [2.05, 4.69) is 4.98 Å². The van der Waals surface area contributed by atoms with Crippen LogP contribution in [-0.2, 0) is 9.84 Å². The molecule has 0 aliphatic carbocycles. The summed E-state index contributed by atoms with van der Waals surface area (Å²) in [5.41, 5.74) is 0.558. The highest BCUT2D eigenvalue weighted by molar-refractivity contribution is 7.91. The summed E-state index contributed by atoms with van der Waals surface area (Å²) < 4.78 is 23.6. The number of hydrogen-bond donors (Lipinski definition) is 1. The van der Waals surface area contributed by atoms with Crippen molar-refractivity contribution >= 4 is 9.84 Å². The number of hydrogen-bond acceptors (Lipinski definition) is 4. The van der Waals surface area contributed by atoms with Crippen molar-refractivity contribution in [2.24, 2.45) is 0 Å². The van der Waals surface area contributed by atoms with Gasteiger partial charge in [0.05, 0.1) is 16.3 Å². The molecule has 0 fully saturated rings. The van der Waals surface area contributed by atoms with Gasteiger partial charge in [0.15, 0.2) is 9.84 Å². The van der Waals surface area contributed by atoms with Gasteiger partial charge in [0.25, 0.3) is 0 Å². The lowest BCUT2D eigenvalue weighted by Gasteiger charge is -2.11. The van der Waals surface area contributed by atoms with Gasteiger partial charge in [0.2, 0.25) is 0 Å². The first-order chi connectivity index (χ1) is 7.92. The number of aromatic hydroxyl groups is 1. The van der Waals surface area contributed by atoms with Crippen LogP contribution < -0.4 is 0 Å². The predicted octanol–water partition coefficient (Wildman–Crippen LogP) is 2.48. The summed E-state index contributed by atoms with van der Waals surface area (Å²) in [5, 5.41) is 9.80. The van der Waals surface area contributed by atoms with Crippen LogP contribution in [0.1, 0.15) is 45.2 Å². The van der Waals surface area contributed by atoms with Gasteiger partial charge >= 0.3 is 0 Å². The van der Waals surface area contributed by atoms with Crippen molar-refractivity contribution in [3.05, 3.63) is 18.0 Å². The van der Waals surface area contributed by atoms with Gasteiger partial charge in [-0.15, -0.1) is 0 Å². The molecule has 96 valence electrons. The molecule has 0 bridgehead atoms. The molecule has 1 unspecified atom stereocenters. The number of pyridine rings is 1. The molecule has 1 aromatic heterocycles. The molecular weight excluding hydrogens is 238 g/mol. The van der Waals surface area contributed by atoms with Gasteiger partial charge < -0.3 is 5.11 Å². The minimum Gasteiger partial charge on any atom is -0.506 e. The van der Waals surface area contributed by atoms with Crippen LogP contribution in [0.15, 0.2) is 17.2 Å². The van der Waals surface area contributed by atoms with Crippen molar-refractivity contribution in [2.45, 2.75) is 44.4 Å². The zero-order chi connectivity index (χ0) is 13.1. The van der Waals surface area contributed by atoms with E-state index in [0.29, 0.717) is 12.1 Å². The molecule has 0 saturated carbocycles. The molecule has 5 heteroatoms. The monoisotopic (exact) mass is 257 g/mol. The summed E-state index contributed by atoms with van der Waals surface area (Å²) in [4.78, 5) is 4.17. The Morgan fingerprint density at radius 1 is 1.41 bits per heavy atom. The van der Waals surface area contributed by atoms with Crippen LogP contribution in [0.5, 0.6) is 5.75 Å². The van der Waals surface area contributed by atoms with E-state index in [4.69, 9.17) is 0 Å². The Balaban J connectivity index is 3.13. The van der Waals surface area contributed by atoms with Gasteiger partial charge in [-0.05, 0) is 12.8 Å². The van der Waals surface area contributed by atoms with E-state index in [1.807, 2.05) is 13.8 Å². The fraction of sp³-hybridized carbons (Fsp3) is 0.583. The van der Waals surface area contributed by atoms with Crippen LogP contribution >= 0.6 is 0 Å². The van der Waals surface area contributed by atoms with Gasteiger partial charge in [-0.2, -0.15) is 0 Å². The van der Waals surface area contributed by atoms with Crippen LogP contribution in [0.25, 0.3) is 0 Å². The molecule has 1 N–H and O–H groups in total. The van der Waals surface area contributed by atoms with E-state index in [0.717, 1.165) is 6.42 Å². The molecule has 1 atom stereocenters. The minimum absolute atomic E-state index is 0.0310. The molecular formula is C12H19NO3S. The van der Waals surface area contributed by atoms with Crippen molar-refractivity contribution < 1.29 is 13.5 Å². The molecule has 0 spiro atoms. The SMILES string of the molecule is CCCS(=O)(=O)c1cnc(C(C)CC)c(O)c1. The summed E-state index contributed by atoms with van der Waals surface area (Å²) in [5.74, 6) is 0.172. The number of sulfone groups is 1. The zero-order valence-corrected chi connectivity index (χ0v) is 11.3. The zero-order valence-electron chi connectivity index (χ0n) is 10.5. The van der Waals surface area contributed by atoms with Gasteiger partial charge in [-0.1, -0.05) is 20.8 Å². The summed E-state index contributed by atoms with van der Waals surface area (Å²) in [7, 11) is -3.30. The third kappa shape index (κ3) is 3.19. The smallest absolute Gasteiger partial charge is 0.180 e. The average molecular weight is 257 g/mol. The summed E-state index contributed by atoms with van der Waals surface area (Å²) in [6.45, 7) is 5.74. The average Bonchev–Trinajstić information content (AvgIpc) is 2.28. The highest BCUT2D eigenvalue weighted by Crippen LogP contribution is 2.27. The lowest BCUT2D eigenvalue weighted by atomic mass is 10.0. The molecule has 1 heterocycles. The maximum absolute atomic E-state index is 11.8. The summed E-state index contributed by atoms with van der Waals surface area (Å²) >= 11 is 0. The Labute approximate surface area is 103 Å². The molecule has 0 amide bonds. The predicted molar refractivity (Wildman–Crippen MR) is 67.0 cm³/mol. The molecule has 4 nitrogen and oxygen atoms in total. The van der Waals surface area contributed by atoms with Crippen molar-refractivity contribution in [1.82, 2.24) is 4.98 Å². The molecule has 0 radical (unpaired) electrons. The van der Waals surface area contributed by atoms with Crippen LogP contribution in [0.2, 0.25) is 0 Å². The number of rotatable bonds is 5.